The van der Waals surface area contributed by atoms with E-state index in [-0.39, 0.29) is 11.7 Å². The molecule has 0 radical (unpaired) electrons. The Morgan fingerprint density at radius 3 is 2.46 bits per heavy atom. The third-order valence-electron chi connectivity index (χ3n) is 4.84. The van der Waals surface area contributed by atoms with E-state index in [1.54, 1.807) is 27.8 Å². The van der Waals surface area contributed by atoms with E-state index < -0.39 is 5.79 Å². The first-order valence-corrected chi connectivity index (χ1v) is 9.79. The van der Waals surface area contributed by atoms with E-state index >= 15 is 0 Å². The fourth-order valence-electron chi connectivity index (χ4n) is 3.47. The van der Waals surface area contributed by atoms with Crippen molar-refractivity contribution < 1.29 is 18.7 Å². The predicted molar refractivity (Wildman–Crippen MR) is 95.1 cm³/mol. The summed E-state index contributed by atoms with van der Waals surface area (Å²) in [5, 5.41) is 0.691. The van der Waals surface area contributed by atoms with Crippen molar-refractivity contribution >= 4 is 17.7 Å². The molecular weight excluding hydrogens is 357 g/mol. The molecule has 0 unspecified atom stereocenters. The highest BCUT2D eigenvalue weighted by Gasteiger charge is 2.41. The molecule has 0 saturated carbocycles. The summed E-state index contributed by atoms with van der Waals surface area (Å²) in [7, 11) is 0. The van der Waals surface area contributed by atoms with Gasteiger partial charge in [0, 0.05) is 31.6 Å². The molecule has 1 amide bonds. The van der Waals surface area contributed by atoms with Gasteiger partial charge in [0.1, 0.15) is 11.5 Å². The summed E-state index contributed by atoms with van der Waals surface area (Å²) in [6, 6.07) is 6.07. The normalized spacial score (nSPS) is 19.2. The number of hydrogen-bond donors (Lipinski definition) is 0. The van der Waals surface area contributed by atoms with Gasteiger partial charge in [-0.25, -0.2) is 9.37 Å². The molecular formula is C18H20FN3O3S. The van der Waals surface area contributed by atoms with Crippen molar-refractivity contribution in [3.63, 3.8) is 0 Å². The molecule has 3 heterocycles. The molecule has 8 heteroatoms. The third-order valence-corrected chi connectivity index (χ3v) is 5.50. The highest BCUT2D eigenvalue weighted by atomic mass is 32.2. The minimum Gasteiger partial charge on any atom is -0.347 e. The Balaban J connectivity index is 1.58. The Morgan fingerprint density at radius 1 is 1.19 bits per heavy atom. The van der Waals surface area contributed by atoms with Crippen LogP contribution in [0, 0.1) is 5.82 Å². The van der Waals surface area contributed by atoms with Crippen LogP contribution in [0.3, 0.4) is 0 Å². The van der Waals surface area contributed by atoms with Crippen molar-refractivity contribution in [3.8, 4) is 5.69 Å². The maximum Gasteiger partial charge on any atom is 0.272 e. The monoisotopic (exact) mass is 377 g/mol. The lowest BCUT2D eigenvalue weighted by Crippen LogP contribution is -2.47. The summed E-state index contributed by atoms with van der Waals surface area (Å²) in [4.78, 5) is 19.3. The molecule has 2 saturated heterocycles. The second-order valence-corrected chi connectivity index (χ2v) is 7.12. The summed E-state index contributed by atoms with van der Waals surface area (Å²) in [6.45, 7) is 2.37. The molecule has 2 aliphatic rings. The fraction of sp³-hybridized carbons (Fsp3) is 0.444. The lowest BCUT2D eigenvalue weighted by Gasteiger charge is -2.37. The van der Waals surface area contributed by atoms with Gasteiger partial charge in [-0.05, 0) is 30.5 Å². The van der Waals surface area contributed by atoms with Crippen LogP contribution in [0.4, 0.5) is 4.39 Å². The van der Waals surface area contributed by atoms with E-state index in [2.05, 4.69) is 4.98 Å². The second-order valence-electron chi connectivity index (χ2n) is 6.34. The van der Waals surface area contributed by atoms with Gasteiger partial charge in [0.05, 0.1) is 19.4 Å². The molecule has 2 fully saturated rings. The number of thioether (sulfide) groups is 1. The van der Waals surface area contributed by atoms with Gasteiger partial charge in [-0.3, -0.25) is 9.36 Å². The number of ether oxygens (including phenoxy) is 2. The Bertz CT molecular complexity index is 793. The van der Waals surface area contributed by atoms with Gasteiger partial charge in [0.25, 0.3) is 5.91 Å². The topological polar surface area (TPSA) is 56.6 Å². The number of amides is 1. The van der Waals surface area contributed by atoms with Gasteiger partial charge >= 0.3 is 0 Å². The van der Waals surface area contributed by atoms with Gasteiger partial charge in [-0.2, -0.15) is 0 Å². The van der Waals surface area contributed by atoms with Crippen LogP contribution in [0.25, 0.3) is 5.69 Å². The Morgan fingerprint density at radius 2 is 1.85 bits per heavy atom. The van der Waals surface area contributed by atoms with Crippen LogP contribution >= 0.6 is 11.8 Å². The summed E-state index contributed by atoms with van der Waals surface area (Å²) in [5.41, 5.74) is 1.19. The zero-order chi connectivity index (χ0) is 18.1. The molecule has 26 heavy (non-hydrogen) atoms. The lowest BCUT2D eigenvalue weighted by molar-refractivity contribution is -0.181. The van der Waals surface area contributed by atoms with E-state index in [1.165, 1.54) is 23.9 Å². The van der Waals surface area contributed by atoms with Gasteiger partial charge in [-0.15, -0.1) is 0 Å². The minimum atomic E-state index is -0.515. The van der Waals surface area contributed by atoms with Crippen LogP contribution in [0.2, 0.25) is 0 Å². The van der Waals surface area contributed by atoms with E-state index in [0.29, 0.717) is 55.7 Å². The predicted octanol–water partition coefficient (Wildman–Crippen LogP) is 2.71. The van der Waals surface area contributed by atoms with Crippen LogP contribution in [-0.2, 0) is 9.47 Å². The zero-order valence-electron chi connectivity index (χ0n) is 14.5. The molecule has 0 atom stereocenters. The summed E-state index contributed by atoms with van der Waals surface area (Å²) in [5.74, 6) is -0.918. The number of likely N-dealkylation sites (tertiary alicyclic amines) is 1. The van der Waals surface area contributed by atoms with Gasteiger partial charge in [0.2, 0.25) is 0 Å². The Kier molecular flexibility index (Phi) is 4.73. The van der Waals surface area contributed by atoms with Crippen molar-refractivity contribution in [1.82, 2.24) is 14.5 Å². The lowest BCUT2D eigenvalue weighted by atomic mass is 10.0. The van der Waals surface area contributed by atoms with Crippen LogP contribution in [0.15, 0.2) is 35.6 Å². The maximum absolute atomic E-state index is 13.3. The largest absolute Gasteiger partial charge is 0.347 e. The highest BCUT2D eigenvalue weighted by Crippen LogP contribution is 2.32. The summed E-state index contributed by atoms with van der Waals surface area (Å²) >= 11 is 1.44. The molecule has 0 aliphatic carbocycles. The van der Waals surface area contributed by atoms with Crippen LogP contribution in [0.5, 0.6) is 0 Å². The molecule has 6 nitrogen and oxygen atoms in total. The van der Waals surface area contributed by atoms with Crippen molar-refractivity contribution in [2.45, 2.75) is 23.8 Å². The van der Waals surface area contributed by atoms with Crippen molar-refractivity contribution in [1.29, 1.82) is 0 Å². The number of nitrogens with zero attached hydrogens (tertiary/aromatic N) is 3. The summed E-state index contributed by atoms with van der Waals surface area (Å²) < 4.78 is 26.5. The molecule has 1 aromatic heterocycles. The van der Waals surface area contributed by atoms with E-state index in [9.17, 15) is 9.18 Å². The Labute approximate surface area is 155 Å². The standard InChI is InChI=1S/C18H20FN3O3S/c1-26-17-20-12-15(22(17)14-4-2-13(19)3-5-14)16(23)21-8-6-18(7-9-21)24-10-11-25-18/h2-5,12H,6-11H2,1H3. The van der Waals surface area contributed by atoms with Gasteiger partial charge in [-0.1, -0.05) is 11.8 Å². The number of aromatic nitrogens is 2. The number of imidazole rings is 1. The molecule has 138 valence electrons. The number of halogens is 1. The van der Waals surface area contributed by atoms with Gasteiger partial charge < -0.3 is 14.4 Å². The molecule has 1 aromatic carbocycles. The van der Waals surface area contributed by atoms with Crippen LogP contribution in [-0.4, -0.2) is 58.7 Å². The quantitative estimate of drug-likeness (QED) is 0.770. The average molecular weight is 377 g/mol. The first-order valence-electron chi connectivity index (χ1n) is 8.57. The first kappa shape index (κ1) is 17.5. The van der Waals surface area contributed by atoms with E-state index in [4.69, 9.17) is 9.47 Å². The van der Waals surface area contributed by atoms with Crippen molar-refractivity contribution in [2.24, 2.45) is 0 Å². The number of rotatable bonds is 3. The molecule has 1 spiro atoms. The third kappa shape index (κ3) is 3.13. The smallest absolute Gasteiger partial charge is 0.272 e. The highest BCUT2D eigenvalue weighted by molar-refractivity contribution is 7.98. The number of piperidine rings is 1. The fourth-order valence-corrected chi connectivity index (χ4v) is 4.01. The van der Waals surface area contributed by atoms with E-state index in [1.807, 2.05) is 6.26 Å². The number of carbonyl (C=O) groups is 1. The maximum atomic E-state index is 13.3. The van der Waals surface area contributed by atoms with E-state index in [0.717, 1.165) is 0 Å². The first-order chi connectivity index (χ1) is 12.6. The van der Waals surface area contributed by atoms with Crippen molar-refractivity contribution in [2.75, 3.05) is 32.6 Å². The number of hydrogen-bond acceptors (Lipinski definition) is 5. The average Bonchev–Trinajstić information content (AvgIpc) is 3.30. The number of benzene rings is 1. The number of carbonyl (C=O) groups excluding carboxylic acids is 1. The second kappa shape index (κ2) is 7.02. The Hall–Kier alpha value is -1.90. The minimum absolute atomic E-state index is 0.0880. The molecule has 2 aliphatic heterocycles. The van der Waals surface area contributed by atoms with Crippen molar-refractivity contribution in [3.05, 3.63) is 42.0 Å². The molecule has 2 aromatic rings. The summed E-state index contributed by atoms with van der Waals surface area (Å²) in [6.07, 6.45) is 4.82. The molecule has 0 bridgehead atoms. The zero-order valence-corrected chi connectivity index (χ0v) is 15.3. The van der Waals surface area contributed by atoms with Crippen LogP contribution < -0.4 is 0 Å². The molecule has 4 rings (SSSR count). The molecule has 0 N–H and O–H groups in total. The van der Waals surface area contributed by atoms with Crippen LogP contribution in [0.1, 0.15) is 23.3 Å². The van der Waals surface area contributed by atoms with Gasteiger partial charge in [0.15, 0.2) is 10.9 Å². The SMILES string of the molecule is CSc1ncc(C(=O)N2CCC3(CC2)OCCO3)n1-c1ccc(F)cc1.